The van der Waals surface area contributed by atoms with Gasteiger partial charge in [-0.25, -0.2) is 9.97 Å². The third-order valence-corrected chi connectivity index (χ3v) is 1.87. The Morgan fingerprint density at radius 1 is 1.40 bits per heavy atom. The molecule has 0 fully saturated rings. The van der Waals surface area contributed by atoms with Crippen LogP contribution in [0.2, 0.25) is 0 Å². The van der Waals surface area contributed by atoms with E-state index in [1.54, 1.807) is 18.5 Å². The van der Waals surface area contributed by atoms with Crippen LogP contribution >= 0.6 is 0 Å². The zero-order valence-corrected chi connectivity index (χ0v) is 8.05. The van der Waals surface area contributed by atoms with Crippen LogP contribution in [0.4, 0.5) is 5.82 Å². The molecule has 0 unspecified atom stereocenters. The van der Waals surface area contributed by atoms with Gasteiger partial charge in [0, 0.05) is 6.20 Å². The van der Waals surface area contributed by atoms with Crippen LogP contribution in [0.15, 0.2) is 35.1 Å². The van der Waals surface area contributed by atoms with E-state index in [0.717, 1.165) is 5.76 Å². The van der Waals surface area contributed by atoms with Crippen LogP contribution in [-0.4, -0.2) is 15.1 Å². The molecule has 78 valence electrons. The van der Waals surface area contributed by atoms with Gasteiger partial charge in [-0.15, -0.1) is 0 Å². The first kappa shape index (κ1) is 9.67. The van der Waals surface area contributed by atoms with E-state index in [4.69, 9.17) is 9.52 Å². The number of nitrogens with zero attached hydrogens (tertiary/aromatic N) is 2. The lowest BCUT2D eigenvalue weighted by atomic mass is 10.4. The molecular weight excluding hydrogens is 194 g/mol. The summed E-state index contributed by atoms with van der Waals surface area (Å²) in [5.41, 5.74) is 0. The number of hydrogen-bond acceptors (Lipinski definition) is 5. The van der Waals surface area contributed by atoms with Gasteiger partial charge in [-0.2, -0.15) is 0 Å². The van der Waals surface area contributed by atoms with E-state index in [1.165, 1.54) is 0 Å². The minimum atomic E-state index is -0.156. The van der Waals surface area contributed by atoms with Crippen LogP contribution in [0.5, 0.6) is 0 Å². The minimum Gasteiger partial charge on any atom is -0.467 e. The monoisotopic (exact) mass is 205 g/mol. The van der Waals surface area contributed by atoms with E-state index in [9.17, 15) is 0 Å². The maximum absolute atomic E-state index is 8.84. The fourth-order valence-corrected chi connectivity index (χ4v) is 1.16. The summed E-state index contributed by atoms with van der Waals surface area (Å²) in [6.07, 6.45) is 3.22. The molecule has 0 aliphatic rings. The molecule has 2 aromatic rings. The summed E-state index contributed by atoms with van der Waals surface area (Å²) in [6, 6.07) is 5.44. The van der Waals surface area contributed by atoms with Gasteiger partial charge in [0.25, 0.3) is 0 Å². The van der Waals surface area contributed by atoms with Gasteiger partial charge in [0.15, 0.2) is 5.82 Å². The Bertz CT molecular complexity index is 414. The first-order chi connectivity index (χ1) is 7.38. The molecule has 0 aliphatic carbocycles. The lowest BCUT2D eigenvalue weighted by Crippen LogP contribution is -2.03. The van der Waals surface area contributed by atoms with E-state index in [-0.39, 0.29) is 6.61 Å². The standard InChI is InChI=1S/C10H11N3O2/c14-7-10-11-4-3-9(13-10)12-6-8-2-1-5-15-8/h1-5,14H,6-7H2,(H,11,12,13). The largest absolute Gasteiger partial charge is 0.467 e. The molecule has 0 amide bonds. The van der Waals surface area contributed by atoms with Crippen LogP contribution in [0.1, 0.15) is 11.6 Å². The zero-order valence-electron chi connectivity index (χ0n) is 8.05. The number of nitrogens with one attached hydrogen (secondary N) is 1. The molecule has 5 nitrogen and oxygen atoms in total. The molecule has 15 heavy (non-hydrogen) atoms. The number of aliphatic hydroxyl groups excluding tert-OH is 1. The summed E-state index contributed by atoms with van der Waals surface area (Å²) in [4.78, 5) is 7.96. The molecule has 0 atom stereocenters. The predicted octanol–water partition coefficient (Wildman–Crippen LogP) is 1.17. The highest BCUT2D eigenvalue weighted by Crippen LogP contribution is 2.06. The van der Waals surface area contributed by atoms with Gasteiger partial charge in [0.1, 0.15) is 18.2 Å². The molecule has 0 bridgehead atoms. The van der Waals surface area contributed by atoms with Gasteiger partial charge in [0.05, 0.1) is 12.8 Å². The second kappa shape index (κ2) is 4.56. The van der Waals surface area contributed by atoms with Crippen LogP contribution in [0.25, 0.3) is 0 Å². The molecule has 0 aromatic carbocycles. The van der Waals surface area contributed by atoms with Crippen LogP contribution in [-0.2, 0) is 13.2 Å². The molecule has 0 spiro atoms. The molecule has 2 N–H and O–H groups in total. The lowest BCUT2D eigenvalue weighted by Gasteiger charge is -2.03. The summed E-state index contributed by atoms with van der Waals surface area (Å²) >= 11 is 0. The third-order valence-electron chi connectivity index (χ3n) is 1.87. The number of furan rings is 1. The maximum atomic E-state index is 8.84. The fraction of sp³-hybridized carbons (Fsp3) is 0.200. The second-order valence-electron chi connectivity index (χ2n) is 2.95. The number of aromatic nitrogens is 2. The van der Waals surface area contributed by atoms with Crippen molar-refractivity contribution in [2.45, 2.75) is 13.2 Å². The molecular formula is C10H11N3O2. The Labute approximate surface area is 86.8 Å². The van der Waals surface area contributed by atoms with Gasteiger partial charge in [-0.3, -0.25) is 0 Å². The molecule has 5 heteroatoms. The first-order valence-corrected chi connectivity index (χ1v) is 4.57. The maximum Gasteiger partial charge on any atom is 0.156 e. The molecule has 2 heterocycles. The van der Waals surface area contributed by atoms with Crippen molar-refractivity contribution in [3.05, 3.63) is 42.2 Å². The molecule has 0 saturated heterocycles. The second-order valence-corrected chi connectivity index (χ2v) is 2.95. The SMILES string of the molecule is OCc1nccc(NCc2ccco2)n1. The van der Waals surface area contributed by atoms with Gasteiger partial charge >= 0.3 is 0 Å². The lowest BCUT2D eigenvalue weighted by molar-refractivity contribution is 0.271. The van der Waals surface area contributed by atoms with Gasteiger partial charge < -0.3 is 14.8 Å². The van der Waals surface area contributed by atoms with Crippen molar-refractivity contribution < 1.29 is 9.52 Å². The van der Waals surface area contributed by atoms with E-state index >= 15 is 0 Å². The quantitative estimate of drug-likeness (QED) is 0.784. The average molecular weight is 205 g/mol. The smallest absolute Gasteiger partial charge is 0.156 e. The predicted molar refractivity (Wildman–Crippen MR) is 54.0 cm³/mol. The topological polar surface area (TPSA) is 71.2 Å². The Balaban J connectivity index is 1.98. The molecule has 2 aromatic heterocycles. The minimum absolute atomic E-state index is 0.156. The zero-order chi connectivity index (χ0) is 10.5. The van der Waals surface area contributed by atoms with Gasteiger partial charge in [0.2, 0.25) is 0 Å². The first-order valence-electron chi connectivity index (χ1n) is 4.57. The molecule has 0 saturated carbocycles. The van der Waals surface area contributed by atoms with E-state index in [0.29, 0.717) is 18.2 Å². The highest BCUT2D eigenvalue weighted by atomic mass is 16.3. The highest BCUT2D eigenvalue weighted by Gasteiger charge is 1.99. The van der Waals surface area contributed by atoms with Gasteiger partial charge in [-0.05, 0) is 18.2 Å². The van der Waals surface area contributed by atoms with Crippen molar-refractivity contribution in [1.29, 1.82) is 0 Å². The van der Waals surface area contributed by atoms with Crippen LogP contribution in [0, 0.1) is 0 Å². The van der Waals surface area contributed by atoms with Crippen molar-refractivity contribution in [1.82, 2.24) is 9.97 Å². The van der Waals surface area contributed by atoms with Crippen LogP contribution < -0.4 is 5.32 Å². The number of rotatable bonds is 4. The van der Waals surface area contributed by atoms with Crippen molar-refractivity contribution in [3.8, 4) is 0 Å². The third kappa shape index (κ3) is 2.54. The van der Waals surface area contributed by atoms with E-state index in [2.05, 4.69) is 15.3 Å². The summed E-state index contributed by atoms with van der Waals surface area (Å²) in [7, 11) is 0. The average Bonchev–Trinajstić information content (AvgIpc) is 2.79. The van der Waals surface area contributed by atoms with E-state index < -0.39 is 0 Å². The Kier molecular flexibility index (Phi) is 2.94. The Morgan fingerprint density at radius 3 is 3.07 bits per heavy atom. The number of aliphatic hydroxyl groups is 1. The van der Waals surface area contributed by atoms with Crippen molar-refractivity contribution in [2.24, 2.45) is 0 Å². The Hall–Kier alpha value is -1.88. The summed E-state index contributed by atoms with van der Waals surface area (Å²) in [5.74, 6) is 1.91. The van der Waals surface area contributed by atoms with Crippen molar-refractivity contribution >= 4 is 5.82 Å². The van der Waals surface area contributed by atoms with Crippen molar-refractivity contribution in [3.63, 3.8) is 0 Å². The molecule has 0 aliphatic heterocycles. The molecule has 2 rings (SSSR count). The molecule has 0 radical (unpaired) electrons. The summed E-state index contributed by atoms with van der Waals surface area (Å²) in [6.45, 7) is 0.408. The number of hydrogen-bond donors (Lipinski definition) is 2. The fourth-order valence-electron chi connectivity index (χ4n) is 1.16. The number of anilines is 1. The summed E-state index contributed by atoms with van der Waals surface area (Å²) < 4.78 is 5.16. The van der Waals surface area contributed by atoms with Crippen LogP contribution in [0.3, 0.4) is 0 Å². The van der Waals surface area contributed by atoms with Crippen molar-refractivity contribution in [2.75, 3.05) is 5.32 Å². The Morgan fingerprint density at radius 2 is 2.33 bits per heavy atom. The highest BCUT2D eigenvalue weighted by molar-refractivity contribution is 5.33. The van der Waals surface area contributed by atoms with E-state index in [1.807, 2.05) is 12.1 Å². The summed E-state index contributed by atoms with van der Waals surface area (Å²) in [5, 5.41) is 11.9. The normalized spacial score (nSPS) is 10.2. The van der Waals surface area contributed by atoms with Gasteiger partial charge in [-0.1, -0.05) is 0 Å².